The lowest BCUT2D eigenvalue weighted by Crippen LogP contribution is -2.57. The Morgan fingerprint density at radius 1 is 0.955 bits per heavy atom. The molecule has 5 rings (SSSR count). The summed E-state index contributed by atoms with van der Waals surface area (Å²) in [5, 5.41) is 0. The maximum Gasteiger partial charge on any atom is 0.0707 e. The zero-order valence-electron chi connectivity index (χ0n) is 14.7. The number of fused-ring (bicyclic) bond motifs is 5. The molecule has 0 aromatic heterocycles. The normalized spacial score (nSPS) is 43.9. The van der Waals surface area contributed by atoms with Gasteiger partial charge in [0.1, 0.15) is 0 Å². The molecule has 126 valence electrons. The Morgan fingerprint density at radius 3 is 2.32 bits per heavy atom. The minimum atomic E-state index is 0.538. The molecule has 4 aliphatic heterocycles. The fraction of sp³-hybridized carbons (Fsp3) is 1.00. The van der Waals surface area contributed by atoms with Gasteiger partial charge >= 0.3 is 0 Å². The Kier molecular flexibility index (Phi) is 4.25. The number of ether oxygens (including phenoxy) is 1. The molecule has 0 amide bonds. The van der Waals surface area contributed by atoms with Crippen molar-refractivity contribution in [2.75, 3.05) is 19.6 Å². The summed E-state index contributed by atoms with van der Waals surface area (Å²) in [5.74, 6) is 1.91. The summed E-state index contributed by atoms with van der Waals surface area (Å²) in [6.07, 6.45) is 9.51. The molecule has 0 spiro atoms. The van der Waals surface area contributed by atoms with E-state index in [9.17, 15) is 0 Å². The molecule has 6 atom stereocenters. The van der Waals surface area contributed by atoms with Crippen LogP contribution in [0.25, 0.3) is 0 Å². The molecule has 1 saturated carbocycles. The van der Waals surface area contributed by atoms with E-state index < -0.39 is 0 Å². The van der Waals surface area contributed by atoms with Crippen molar-refractivity contribution in [2.24, 2.45) is 11.8 Å². The number of morpholine rings is 1. The van der Waals surface area contributed by atoms with Gasteiger partial charge in [-0.25, -0.2) is 0 Å². The predicted molar refractivity (Wildman–Crippen MR) is 90.0 cm³/mol. The van der Waals surface area contributed by atoms with Crippen LogP contribution in [0.1, 0.15) is 59.3 Å². The van der Waals surface area contributed by atoms with Crippen LogP contribution in [0.2, 0.25) is 0 Å². The SMILES string of the molecule is CC(CC1CC2CCC1N(C(C)C)C2)N1CC2CCC(C1)O2. The quantitative estimate of drug-likeness (QED) is 0.793. The first-order chi connectivity index (χ1) is 10.6. The molecular weight excluding hydrogens is 272 g/mol. The zero-order valence-corrected chi connectivity index (χ0v) is 14.7. The summed E-state index contributed by atoms with van der Waals surface area (Å²) < 4.78 is 6.02. The van der Waals surface area contributed by atoms with Gasteiger partial charge in [0.25, 0.3) is 0 Å². The second-order valence-corrected chi connectivity index (χ2v) is 8.79. The van der Waals surface area contributed by atoms with Gasteiger partial charge in [0.2, 0.25) is 0 Å². The van der Waals surface area contributed by atoms with Gasteiger partial charge in [-0.15, -0.1) is 0 Å². The van der Waals surface area contributed by atoms with E-state index in [4.69, 9.17) is 4.74 Å². The van der Waals surface area contributed by atoms with Crippen LogP contribution in [-0.2, 0) is 4.74 Å². The standard InChI is InChI=1S/C19H34N2O/c1-13(2)21-10-15-4-7-19(21)16(9-15)8-14(3)20-11-17-5-6-18(12-20)22-17/h13-19H,4-12H2,1-3H3. The average Bonchev–Trinajstić information content (AvgIpc) is 2.85. The third-order valence-corrected chi connectivity index (χ3v) is 6.95. The molecule has 4 heterocycles. The first-order valence-electron chi connectivity index (χ1n) is 9.75. The van der Waals surface area contributed by atoms with Gasteiger partial charge in [-0.2, -0.15) is 0 Å². The minimum Gasteiger partial charge on any atom is -0.372 e. The molecule has 0 N–H and O–H groups in total. The number of hydrogen-bond donors (Lipinski definition) is 0. The molecule has 0 aromatic carbocycles. The van der Waals surface area contributed by atoms with Gasteiger partial charge < -0.3 is 4.74 Å². The van der Waals surface area contributed by atoms with Crippen molar-refractivity contribution in [1.29, 1.82) is 0 Å². The molecule has 4 bridgehead atoms. The number of hydrogen-bond acceptors (Lipinski definition) is 3. The van der Waals surface area contributed by atoms with E-state index in [2.05, 4.69) is 30.6 Å². The summed E-state index contributed by atoms with van der Waals surface area (Å²) in [6, 6.07) is 2.33. The van der Waals surface area contributed by atoms with E-state index in [1.165, 1.54) is 58.2 Å². The molecule has 0 aromatic rings. The van der Waals surface area contributed by atoms with Crippen molar-refractivity contribution in [3.63, 3.8) is 0 Å². The van der Waals surface area contributed by atoms with E-state index in [0.29, 0.717) is 12.2 Å². The third kappa shape index (κ3) is 2.85. The van der Waals surface area contributed by atoms with Crippen molar-refractivity contribution < 1.29 is 4.74 Å². The maximum absolute atomic E-state index is 6.02. The fourth-order valence-corrected chi connectivity index (χ4v) is 5.82. The van der Waals surface area contributed by atoms with Crippen molar-refractivity contribution in [3.8, 4) is 0 Å². The highest BCUT2D eigenvalue weighted by atomic mass is 16.5. The molecule has 1 aliphatic carbocycles. The predicted octanol–water partition coefficient (Wildman–Crippen LogP) is 3.14. The topological polar surface area (TPSA) is 15.7 Å². The highest BCUT2D eigenvalue weighted by Crippen LogP contribution is 2.42. The van der Waals surface area contributed by atoms with Crippen LogP contribution in [0.15, 0.2) is 0 Å². The van der Waals surface area contributed by atoms with Crippen LogP contribution in [0, 0.1) is 11.8 Å². The molecule has 5 aliphatic rings. The van der Waals surface area contributed by atoms with Crippen molar-refractivity contribution in [1.82, 2.24) is 9.80 Å². The van der Waals surface area contributed by atoms with Crippen molar-refractivity contribution in [2.45, 2.75) is 89.6 Å². The Bertz CT molecular complexity index is 387. The summed E-state index contributed by atoms with van der Waals surface area (Å²) >= 11 is 0. The van der Waals surface area contributed by atoms with Crippen LogP contribution in [0.5, 0.6) is 0 Å². The maximum atomic E-state index is 6.02. The third-order valence-electron chi connectivity index (χ3n) is 6.95. The highest BCUT2D eigenvalue weighted by Gasteiger charge is 2.43. The average molecular weight is 306 g/mol. The molecule has 5 fully saturated rings. The molecule has 6 unspecified atom stereocenters. The van der Waals surface area contributed by atoms with Gasteiger partial charge in [0.05, 0.1) is 12.2 Å². The first-order valence-corrected chi connectivity index (χ1v) is 9.75. The minimum absolute atomic E-state index is 0.538. The van der Waals surface area contributed by atoms with Crippen LogP contribution in [0.3, 0.4) is 0 Å². The lowest BCUT2D eigenvalue weighted by Gasteiger charge is -2.53. The van der Waals surface area contributed by atoms with Gasteiger partial charge in [0.15, 0.2) is 0 Å². The van der Waals surface area contributed by atoms with Crippen LogP contribution in [0.4, 0.5) is 0 Å². The van der Waals surface area contributed by atoms with Gasteiger partial charge in [-0.05, 0) is 71.1 Å². The smallest absolute Gasteiger partial charge is 0.0707 e. The molecule has 3 heteroatoms. The summed E-state index contributed by atoms with van der Waals surface area (Å²) in [4.78, 5) is 5.56. The second-order valence-electron chi connectivity index (χ2n) is 8.79. The highest BCUT2D eigenvalue weighted by molar-refractivity contribution is 4.97. The van der Waals surface area contributed by atoms with E-state index in [1.54, 1.807) is 0 Å². The molecular formula is C19H34N2O. The largest absolute Gasteiger partial charge is 0.372 e. The Morgan fingerprint density at radius 2 is 1.68 bits per heavy atom. The van der Waals surface area contributed by atoms with Crippen LogP contribution in [-0.4, -0.2) is 59.8 Å². The first kappa shape index (κ1) is 15.4. The van der Waals surface area contributed by atoms with Crippen LogP contribution < -0.4 is 0 Å². The fourth-order valence-electron chi connectivity index (χ4n) is 5.82. The van der Waals surface area contributed by atoms with E-state index in [-0.39, 0.29) is 0 Å². The van der Waals surface area contributed by atoms with E-state index in [0.717, 1.165) is 30.0 Å². The number of piperidine rings is 2. The van der Waals surface area contributed by atoms with E-state index in [1.807, 2.05) is 0 Å². The number of rotatable bonds is 4. The summed E-state index contributed by atoms with van der Waals surface area (Å²) in [5.41, 5.74) is 0. The van der Waals surface area contributed by atoms with Gasteiger partial charge in [-0.3, -0.25) is 9.80 Å². The summed E-state index contributed by atoms with van der Waals surface area (Å²) in [6.45, 7) is 11.0. The van der Waals surface area contributed by atoms with Gasteiger partial charge in [-0.1, -0.05) is 0 Å². The van der Waals surface area contributed by atoms with Crippen LogP contribution >= 0.6 is 0 Å². The Labute approximate surface area is 136 Å². The molecule has 0 radical (unpaired) electrons. The van der Waals surface area contributed by atoms with E-state index >= 15 is 0 Å². The summed E-state index contributed by atoms with van der Waals surface area (Å²) in [7, 11) is 0. The molecule has 22 heavy (non-hydrogen) atoms. The number of nitrogens with zero attached hydrogens (tertiary/aromatic N) is 2. The second kappa shape index (κ2) is 6.07. The molecule has 3 nitrogen and oxygen atoms in total. The Balaban J connectivity index is 1.38. The Hall–Kier alpha value is -0.120. The van der Waals surface area contributed by atoms with Gasteiger partial charge in [0, 0.05) is 37.8 Å². The number of likely N-dealkylation sites (tertiary alicyclic amines) is 1. The monoisotopic (exact) mass is 306 g/mol. The lowest BCUT2D eigenvalue weighted by molar-refractivity contribution is -0.0650. The van der Waals surface area contributed by atoms with Crippen molar-refractivity contribution >= 4 is 0 Å². The molecule has 4 saturated heterocycles. The van der Waals surface area contributed by atoms with Crippen molar-refractivity contribution in [3.05, 3.63) is 0 Å². The zero-order chi connectivity index (χ0) is 15.3. The lowest BCUT2D eigenvalue weighted by atomic mass is 9.70.